The highest BCUT2D eigenvalue weighted by atomic mass is 19.1. The number of Topliss-reactive ketones (excluding diaryl/α,β-unsaturated/α-hetero) is 1. The fourth-order valence-electron chi connectivity index (χ4n) is 2.54. The van der Waals surface area contributed by atoms with Crippen LogP contribution in [-0.2, 0) is 4.74 Å². The van der Waals surface area contributed by atoms with Crippen LogP contribution in [0.3, 0.4) is 0 Å². The quantitative estimate of drug-likeness (QED) is 0.591. The number of carbonyl (C=O) groups is 2. The third-order valence-corrected chi connectivity index (χ3v) is 3.60. The molecule has 0 aliphatic heterocycles. The van der Waals surface area contributed by atoms with Crippen LogP contribution >= 0.6 is 0 Å². The van der Waals surface area contributed by atoms with Gasteiger partial charge in [-0.2, -0.15) is 0 Å². The van der Waals surface area contributed by atoms with Crippen LogP contribution in [0.15, 0.2) is 48.5 Å². The topological polar surface area (TPSA) is 59.2 Å². The first-order chi connectivity index (χ1) is 11.1. The number of benzene rings is 2. The Morgan fingerprint density at radius 2 is 1.78 bits per heavy atom. The van der Waals surface area contributed by atoms with Gasteiger partial charge >= 0.3 is 5.97 Å². The first kappa shape index (κ1) is 15.0. The van der Waals surface area contributed by atoms with Crippen molar-refractivity contribution in [2.75, 3.05) is 6.61 Å². The number of ketones is 1. The zero-order valence-electron chi connectivity index (χ0n) is 12.4. The van der Waals surface area contributed by atoms with Gasteiger partial charge in [0.05, 0.1) is 5.56 Å². The molecule has 0 aliphatic rings. The molecular formula is C18H14FNO3. The molecule has 0 unspecified atom stereocenters. The number of aromatic nitrogens is 1. The number of hydrogen-bond donors (Lipinski definition) is 1. The molecule has 0 amide bonds. The predicted octanol–water partition coefficient (Wildman–Crippen LogP) is 3.66. The summed E-state index contributed by atoms with van der Waals surface area (Å²) in [5.41, 5.74) is 1.85. The molecular weight excluding hydrogens is 297 g/mol. The maximum absolute atomic E-state index is 13.5. The monoisotopic (exact) mass is 311 g/mol. The number of esters is 1. The summed E-state index contributed by atoms with van der Waals surface area (Å²) in [5.74, 6) is -1.85. The molecule has 23 heavy (non-hydrogen) atoms. The average molecular weight is 311 g/mol. The van der Waals surface area contributed by atoms with Gasteiger partial charge in [-0.15, -0.1) is 0 Å². The zero-order chi connectivity index (χ0) is 16.4. The van der Waals surface area contributed by atoms with Crippen molar-refractivity contribution in [1.82, 2.24) is 4.98 Å². The Kier molecular flexibility index (Phi) is 3.93. The Morgan fingerprint density at radius 1 is 1.09 bits per heavy atom. The number of para-hydroxylation sites is 1. The van der Waals surface area contributed by atoms with E-state index in [9.17, 15) is 14.0 Å². The van der Waals surface area contributed by atoms with E-state index in [-0.39, 0.29) is 11.3 Å². The molecule has 5 heteroatoms. The van der Waals surface area contributed by atoms with E-state index in [2.05, 4.69) is 4.98 Å². The second-order valence-electron chi connectivity index (χ2n) is 5.15. The number of carbonyl (C=O) groups excluding carboxylic acids is 2. The van der Waals surface area contributed by atoms with Gasteiger partial charge in [0.2, 0.25) is 5.78 Å². The minimum atomic E-state index is -0.853. The van der Waals surface area contributed by atoms with Crippen molar-refractivity contribution >= 4 is 22.7 Å². The Balaban J connectivity index is 1.78. The lowest BCUT2D eigenvalue weighted by Gasteiger charge is -2.05. The number of hydrogen-bond acceptors (Lipinski definition) is 3. The summed E-state index contributed by atoms with van der Waals surface area (Å²) in [4.78, 5) is 27.4. The molecule has 0 radical (unpaired) electrons. The molecule has 0 spiro atoms. The molecule has 116 valence electrons. The number of halogens is 1. The van der Waals surface area contributed by atoms with Gasteiger partial charge in [-0.1, -0.05) is 30.3 Å². The molecule has 0 fully saturated rings. The zero-order valence-corrected chi connectivity index (χ0v) is 12.4. The summed E-state index contributed by atoms with van der Waals surface area (Å²) in [5, 5.41) is 0.775. The lowest BCUT2D eigenvalue weighted by Crippen LogP contribution is -2.15. The first-order valence-corrected chi connectivity index (χ1v) is 7.10. The van der Waals surface area contributed by atoms with E-state index in [1.807, 2.05) is 24.3 Å². The molecule has 1 aromatic heterocycles. The van der Waals surface area contributed by atoms with Crippen LogP contribution in [0.4, 0.5) is 4.39 Å². The van der Waals surface area contributed by atoms with Crippen molar-refractivity contribution in [2.45, 2.75) is 6.92 Å². The number of ether oxygens (including phenoxy) is 1. The fourth-order valence-corrected chi connectivity index (χ4v) is 2.54. The molecule has 1 heterocycles. The second-order valence-corrected chi connectivity index (χ2v) is 5.15. The van der Waals surface area contributed by atoms with E-state index < -0.39 is 18.4 Å². The number of H-pyrrole nitrogens is 1. The second kappa shape index (κ2) is 6.04. The molecule has 2 aromatic carbocycles. The normalized spacial score (nSPS) is 10.7. The molecule has 0 saturated carbocycles. The minimum absolute atomic E-state index is 0.184. The van der Waals surface area contributed by atoms with Gasteiger partial charge < -0.3 is 9.72 Å². The van der Waals surface area contributed by atoms with Crippen LogP contribution in [0.25, 0.3) is 10.9 Å². The lowest BCUT2D eigenvalue weighted by atomic mass is 10.1. The largest absolute Gasteiger partial charge is 0.454 e. The molecule has 0 bridgehead atoms. The average Bonchev–Trinajstić information content (AvgIpc) is 2.88. The predicted molar refractivity (Wildman–Crippen MR) is 84.0 cm³/mol. The van der Waals surface area contributed by atoms with Crippen molar-refractivity contribution in [2.24, 2.45) is 0 Å². The summed E-state index contributed by atoms with van der Waals surface area (Å²) in [7, 11) is 0. The summed E-state index contributed by atoms with van der Waals surface area (Å²) < 4.78 is 18.5. The summed E-state index contributed by atoms with van der Waals surface area (Å²) in [6, 6.07) is 12.9. The third-order valence-electron chi connectivity index (χ3n) is 3.60. The van der Waals surface area contributed by atoms with E-state index >= 15 is 0 Å². The van der Waals surface area contributed by atoms with Crippen LogP contribution in [0.5, 0.6) is 0 Å². The van der Waals surface area contributed by atoms with Crippen molar-refractivity contribution < 1.29 is 18.7 Å². The van der Waals surface area contributed by atoms with E-state index in [0.29, 0.717) is 11.3 Å². The minimum Gasteiger partial charge on any atom is -0.454 e. The molecule has 3 rings (SSSR count). The fraction of sp³-hybridized carbons (Fsp3) is 0.111. The van der Waals surface area contributed by atoms with Gasteiger partial charge in [-0.05, 0) is 25.1 Å². The van der Waals surface area contributed by atoms with Gasteiger partial charge in [-0.25, -0.2) is 9.18 Å². The van der Waals surface area contributed by atoms with Crippen molar-refractivity contribution in [3.8, 4) is 0 Å². The maximum Gasteiger partial charge on any atom is 0.341 e. The highest BCUT2D eigenvalue weighted by Crippen LogP contribution is 2.22. The highest BCUT2D eigenvalue weighted by molar-refractivity contribution is 6.10. The Labute approximate surface area is 131 Å². The van der Waals surface area contributed by atoms with Crippen molar-refractivity contribution in [1.29, 1.82) is 0 Å². The highest BCUT2D eigenvalue weighted by Gasteiger charge is 2.19. The lowest BCUT2D eigenvalue weighted by molar-refractivity contribution is 0.0470. The van der Waals surface area contributed by atoms with Crippen LogP contribution in [0.1, 0.15) is 26.4 Å². The molecule has 3 aromatic rings. The van der Waals surface area contributed by atoms with E-state index in [4.69, 9.17) is 4.74 Å². The Bertz CT molecular complexity index is 898. The number of fused-ring (bicyclic) bond motifs is 1. The van der Waals surface area contributed by atoms with E-state index in [1.165, 1.54) is 24.3 Å². The summed E-state index contributed by atoms with van der Waals surface area (Å²) in [6.45, 7) is 1.35. The van der Waals surface area contributed by atoms with Gasteiger partial charge in [0, 0.05) is 22.2 Å². The first-order valence-electron chi connectivity index (χ1n) is 7.10. The van der Waals surface area contributed by atoms with E-state index in [0.717, 1.165) is 10.9 Å². The Hall–Kier alpha value is -2.95. The number of rotatable bonds is 4. The van der Waals surface area contributed by atoms with Gasteiger partial charge in [0.15, 0.2) is 6.61 Å². The van der Waals surface area contributed by atoms with Gasteiger partial charge in [0.1, 0.15) is 5.82 Å². The Morgan fingerprint density at radius 3 is 2.57 bits per heavy atom. The van der Waals surface area contributed by atoms with E-state index in [1.54, 1.807) is 6.92 Å². The SMILES string of the molecule is Cc1[nH]c2ccccc2c1C(=O)COC(=O)c1ccccc1F. The molecule has 4 nitrogen and oxygen atoms in total. The van der Waals surface area contributed by atoms with Crippen molar-refractivity contribution in [3.63, 3.8) is 0 Å². The van der Waals surface area contributed by atoms with Crippen LogP contribution in [0, 0.1) is 12.7 Å². The third kappa shape index (κ3) is 2.85. The van der Waals surface area contributed by atoms with Crippen molar-refractivity contribution in [3.05, 3.63) is 71.2 Å². The number of aromatic amines is 1. The van der Waals surface area contributed by atoms with Crippen LogP contribution in [-0.4, -0.2) is 23.3 Å². The smallest absolute Gasteiger partial charge is 0.341 e. The number of nitrogens with one attached hydrogen (secondary N) is 1. The molecule has 0 saturated heterocycles. The van der Waals surface area contributed by atoms with Gasteiger partial charge in [-0.3, -0.25) is 4.79 Å². The molecule has 0 atom stereocenters. The van der Waals surface area contributed by atoms with Gasteiger partial charge in [0.25, 0.3) is 0 Å². The van der Waals surface area contributed by atoms with Crippen LogP contribution < -0.4 is 0 Å². The standard InChI is InChI=1S/C18H14FNO3/c1-11-17(13-7-3-5-9-15(13)20-11)16(21)10-23-18(22)12-6-2-4-8-14(12)19/h2-9,20H,10H2,1H3. The van der Waals surface area contributed by atoms with Crippen LogP contribution in [0.2, 0.25) is 0 Å². The summed E-state index contributed by atoms with van der Waals surface area (Å²) in [6.07, 6.45) is 0. The number of aryl methyl sites for hydroxylation is 1. The maximum atomic E-state index is 13.5. The molecule has 1 N–H and O–H groups in total. The molecule has 0 aliphatic carbocycles. The summed E-state index contributed by atoms with van der Waals surface area (Å²) >= 11 is 0.